The fourth-order valence-corrected chi connectivity index (χ4v) is 3.32. The van der Waals surface area contributed by atoms with Gasteiger partial charge in [0.2, 0.25) is 0 Å². The molecule has 3 atom stereocenters. The zero-order valence-corrected chi connectivity index (χ0v) is 10.3. The lowest BCUT2D eigenvalue weighted by Gasteiger charge is -2.33. The van der Waals surface area contributed by atoms with Crippen LogP contribution in [0.5, 0.6) is 0 Å². The Hall–Kier alpha value is -0.0800. The van der Waals surface area contributed by atoms with Crippen LogP contribution in [0, 0.1) is 11.8 Å². The first-order chi connectivity index (χ1) is 7.28. The van der Waals surface area contributed by atoms with E-state index in [9.17, 15) is 0 Å². The third-order valence-corrected chi connectivity index (χ3v) is 4.16. The van der Waals surface area contributed by atoms with Gasteiger partial charge in [-0.1, -0.05) is 6.92 Å². The number of likely N-dealkylation sites (tertiary alicyclic amines) is 1. The van der Waals surface area contributed by atoms with Crippen molar-refractivity contribution in [2.24, 2.45) is 11.8 Å². The Labute approximate surface area is 94.4 Å². The Bertz CT molecular complexity index is 193. The highest BCUT2D eigenvalue weighted by atomic mass is 15.1. The van der Waals surface area contributed by atoms with Gasteiger partial charge < -0.3 is 10.2 Å². The van der Waals surface area contributed by atoms with Crippen LogP contribution >= 0.6 is 0 Å². The summed E-state index contributed by atoms with van der Waals surface area (Å²) < 4.78 is 0. The summed E-state index contributed by atoms with van der Waals surface area (Å²) in [5, 5.41) is 3.57. The lowest BCUT2D eigenvalue weighted by molar-refractivity contribution is 0.164. The Morgan fingerprint density at radius 2 is 2.20 bits per heavy atom. The van der Waals surface area contributed by atoms with Gasteiger partial charge in [-0.2, -0.15) is 0 Å². The van der Waals surface area contributed by atoms with E-state index in [1.165, 1.54) is 51.9 Å². The van der Waals surface area contributed by atoms with Gasteiger partial charge in [0.1, 0.15) is 0 Å². The summed E-state index contributed by atoms with van der Waals surface area (Å²) in [6, 6.07) is 0.765. The maximum absolute atomic E-state index is 3.57. The van der Waals surface area contributed by atoms with Crippen LogP contribution < -0.4 is 5.32 Å². The van der Waals surface area contributed by atoms with Crippen LogP contribution in [0.2, 0.25) is 0 Å². The smallest absolute Gasteiger partial charge is 0.00419 e. The van der Waals surface area contributed by atoms with Gasteiger partial charge in [-0.3, -0.25) is 0 Å². The molecule has 15 heavy (non-hydrogen) atoms. The quantitative estimate of drug-likeness (QED) is 0.767. The van der Waals surface area contributed by atoms with E-state index >= 15 is 0 Å². The largest absolute Gasteiger partial charge is 0.314 e. The van der Waals surface area contributed by atoms with Crippen molar-refractivity contribution in [3.63, 3.8) is 0 Å². The molecule has 2 aliphatic heterocycles. The zero-order chi connectivity index (χ0) is 10.7. The standard InChI is InChI=1S/C13H26N2/c1-3-15-6-4-5-12(10-15)8-13-7-11(2)14-9-13/h11-14H,3-10H2,1-2H3. The molecule has 0 radical (unpaired) electrons. The molecule has 2 heteroatoms. The molecular weight excluding hydrogens is 184 g/mol. The number of hydrogen-bond acceptors (Lipinski definition) is 2. The van der Waals surface area contributed by atoms with Crippen LogP contribution in [-0.2, 0) is 0 Å². The van der Waals surface area contributed by atoms with E-state index < -0.39 is 0 Å². The second-order valence-corrected chi connectivity index (χ2v) is 5.55. The maximum atomic E-state index is 3.57. The van der Waals surface area contributed by atoms with Crippen LogP contribution in [0.1, 0.15) is 39.5 Å². The Kier molecular flexibility index (Phi) is 4.04. The minimum Gasteiger partial charge on any atom is -0.314 e. The van der Waals surface area contributed by atoms with E-state index in [1.54, 1.807) is 0 Å². The van der Waals surface area contributed by atoms with Gasteiger partial charge in [0.05, 0.1) is 0 Å². The lowest BCUT2D eigenvalue weighted by atomic mass is 9.87. The first-order valence-electron chi connectivity index (χ1n) is 6.73. The Morgan fingerprint density at radius 3 is 2.87 bits per heavy atom. The third-order valence-electron chi connectivity index (χ3n) is 4.16. The van der Waals surface area contributed by atoms with Crippen LogP contribution in [0.25, 0.3) is 0 Å². The van der Waals surface area contributed by atoms with Gasteiger partial charge in [-0.25, -0.2) is 0 Å². The summed E-state index contributed by atoms with van der Waals surface area (Å²) in [4.78, 5) is 2.62. The van der Waals surface area contributed by atoms with E-state index in [4.69, 9.17) is 0 Å². The molecule has 2 nitrogen and oxygen atoms in total. The summed E-state index contributed by atoms with van der Waals surface area (Å²) in [7, 11) is 0. The van der Waals surface area contributed by atoms with E-state index in [-0.39, 0.29) is 0 Å². The summed E-state index contributed by atoms with van der Waals surface area (Å²) in [5.41, 5.74) is 0. The molecule has 0 aromatic heterocycles. The van der Waals surface area contributed by atoms with Crippen molar-refractivity contribution >= 4 is 0 Å². The SMILES string of the molecule is CCN1CCCC(CC2CNC(C)C2)C1. The molecule has 0 saturated carbocycles. The van der Waals surface area contributed by atoms with Crippen LogP contribution in [0.15, 0.2) is 0 Å². The highest BCUT2D eigenvalue weighted by molar-refractivity contribution is 4.82. The molecule has 0 spiro atoms. The molecule has 0 aromatic rings. The van der Waals surface area contributed by atoms with Crippen LogP contribution in [0.4, 0.5) is 0 Å². The monoisotopic (exact) mass is 210 g/mol. The third kappa shape index (κ3) is 3.18. The fourth-order valence-electron chi connectivity index (χ4n) is 3.32. The normalized spacial score (nSPS) is 38.4. The minimum atomic E-state index is 0.765. The molecule has 2 rings (SSSR count). The van der Waals surface area contributed by atoms with Crippen LogP contribution in [-0.4, -0.2) is 37.1 Å². The number of hydrogen-bond donors (Lipinski definition) is 1. The van der Waals surface area contributed by atoms with Gasteiger partial charge >= 0.3 is 0 Å². The molecule has 0 aliphatic carbocycles. The average Bonchev–Trinajstić information content (AvgIpc) is 2.64. The van der Waals surface area contributed by atoms with Crippen molar-refractivity contribution < 1.29 is 0 Å². The van der Waals surface area contributed by atoms with Gasteiger partial charge in [0, 0.05) is 12.6 Å². The van der Waals surface area contributed by atoms with Gasteiger partial charge in [-0.15, -0.1) is 0 Å². The molecule has 3 unspecified atom stereocenters. The molecule has 2 heterocycles. The predicted molar refractivity (Wildman–Crippen MR) is 65.0 cm³/mol. The number of rotatable bonds is 3. The molecular formula is C13H26N2. The van der Waals surface area contributed by atoms with Crippen molar-refractivity contribution in [3.05, 3.63) is 0 Å². The molecule has 0 aromatic carbocycles. The van der Waals surface area contributed by atoms with Gasteiger partial charge in [0.15, 0.2) is 0 Å². The molecule has 0 bridgehead atoms. The molecule has 1 N–H and O–H groups in total. The summed E-state index contributed by atoms with van der Waals surface area (Å²) in [6.07, 6.45) is 5.77. The molecule has 2 saturated heterocycles. The Morgan fingerprint density at radius 1 is 1.33 bits per heavy atom. The van der Waals surface area contributed by atoms with E-state index in [0.29, 0.717) is 0 Å². The van der Waals surface area contributed by atoms with Crippen molar-refractivity contribution in [2.45, 2.75) is 45.6 Å². The molecule has 2 aliphatic rings. The molecule has 2 fully saturated rings. The van der Waals surface area contributed by atoms with E-state index in [1.807, 2.05) is 0 Å². The maximum Gasteiger partial charge on any atom is 0.00419 e. The topological polar surface area (TPSA) is 15.3 Å². The number of piperidine rings is 1. The second kappa shape index (κ2) is 5.31. The summed E-state index contributed by atoms with van der Waals surface area (Å²) in [5.74, 6) is 1.94. The van der Waals surface area contributed by atoms with Gasteiger partial charge in [0.25, 0.3) is 0 Å². The summed E-state index contributed by atoms with van der Waals surface area (Å²) >= 11 is 0. The second-order valence-electron chi connectivity index (χ2n) is 5.55. The van der Waals surface area contributed by atoms with Crippen molar-refractivity contribution in [1.82, 2.24) is 10.2 Å². The average molecular weight is 210 g/mol. The summed E-state index contributed by atoms with van der Waals surface area (Å²) in [6.45, 7) is 9.83. The zero-order valence-electron chi connectivity index (χ0n) is 10.3. The number of nitrogens with one attached hydrogen (secondary N) is 1. The lowest BCUT2D eigenvalue weighted by Crippen LogP contribution is -2.36. The van der Waals surface area contributed by atoms with Crippen LogP contribution in [0.3, 0.4) is 0 Å². The number of nitrogens with zero attached hydrogens (tertiary/aromatic N) is 1. The molecule has 88 valence electrons. The van der Waals surface area contributed by atoms with E-state index in [2.05, 4.69) is 24.1 Å². The molecule has 0 amide bonds. The minimum absolute atomic E-state index is 0.765. The predicted octanol–water partition coefficient (Wildman–Crippen LogP) is 2.11. The Balaban J connectivity index is 1.74. The first-order valence-corrected chi connectivity index (χ1v) is 6.73. The van der Waals surface area contributed by atoms with Gasteiger partial charge in [-0.05, 0) is 64.1 Å². The highest BCUT2D eigenvalue weighted by Crippen LogP contribution is 2.27. The van der Waals surface area contributed by atoms with Crippen molar-refractivity contribution in [3.8, 4) is 0 Å². The van der Waals surface area contributed by atoms with Crippen molar-refractivity contribution in [2.75, 3.05) is 26.2 Å². The van der Waals surface area contributed by atoms with E-state index in [0.717, 1.165) is 17.9 Å². The fraction of sp³-hybridized carbons (Fsp3) is 1.00. The highest BCUT2D eigenvalue weighted by Gasteiger charge is 2.26. The first kappa shape index (κ1) is 11.4. The van der Waals surface area contributed by atoms with Crippen molar-refractivity contribution in [1.29, 1.82) is 0 Å².